The molecule has 0 saturated carbocycles. The van der Waals surface area contributed by atoms with Crippen LogP contribution in [0.3, 0.4) is 0 Å². The van der Waals surface area contributed by atoms with Crippen LogP contribution in [0, 0.1) is 0 Å². The van der Waals surface area contributed by atoms with Crippen molar-refractivity contribution < 1.29 is 4.74 Å². The average molecular weight is 351 g/mol. The molecule has 0 atom stereocenters. The van der Waals surface area contributed by atoms with Crippen LogP contribution in [-0.2, 0) is 11.2 Å². The Labute approximate surface area is 144 Å². The molecule has 0 bridgehead atoms. The topological polar surface area (TPSA) is 63.7 Å². The zero-order valence-electron chi connectivity index (χ0n) is 12.7. The fourth-order valence-electron chi connectivity index (χ4n) is 2.32. The van der Waals surface area contributed by atoms with Crippen LogP contribution in [0.5, 0.6) is 0 Å². The van der Waals surface area contributed by atoms with Gasteiger partial charge in [-0.15, -0.1) is 11.3 Å². The molecule has 1 saturated heterocycles. The average Bonchev–Trinajstić information content (AvgIpc) is 3.05. The highest BCUT2D eigenvalue weighted by atomic mass is 35.5. The predicted molar refractivity (Wildman–Crippen MR) is 95.1 cm³/mol. The molecule has 3 rings (SSSR count). The van der Waals surface area contributed by atoms with Crippen LogP contribution in [-0.4, -0.2) is 48.7 Å². The van der Waals surface area contributed by atoms with E-state index in [0.717, 1.165) is 40.8 Å². The normalized spacial score (nSPS) is 15.9. The van der Waals surface area contributed by atoms with Crippen molar-refractivity contribution in [3.63, 3.8) is 0 Å². The SMILES string of the molecule is NC(=NCCc1csc(-c2ccc(Cl)cc2)n1)N1CCOCC1. The summed E-state index contributed by atoms with van der Waals surface area (Å²) in [5, 5.41) is 3.81. The highest BCUT2D eigenvalue weighted by Gasteiger charge is 2.12. The van der Waals surface area contributed by atoms with E-state index in [1.807, 2.05) is 24.3 Å². The molecule has 23 heavy (non-hydrogen) atoms. The second-order valence-corrected chi connectivity index (χ2v) is 6.53. The molecule has 0 aliphatic carbocycles. The van der Waals surface area contributed by atoms with E-state index in [0.29, 0.717) is 25.7 Å². The number of aromatic nitrogens is 1. The molecule has 0 amide bonds. The zero-order chi connectivity index (χ0) is 16.1. The third-order valence-corrected chi connectivity index (χ3v) is 4.81. The minimum atomic E-state index is 0.599. The molecule has 1 fully saturated rings. The van der Waals surface area contributed by atoms with Crippen LogP contribution in [0.2, 0.25) is 5.02 Å². The highest BCUT2D eigenvalue weighted by molar-refractivity contribution is 7.13. The summed E-state index contributed by atoms with van der Waals surface area (Å²) in [4.78, 5) is 11.2. The Morgan fingerprint density at radius 2 is 2.04 bits per heavy atom. The molecule has 2 heterocycles. The van der Waals surface area contributed by atoms with Crippen molar-refractivity contribution in [1.82, 2.24) is 9.88 Å². The van der Waals surface area contributed by atoms with E-state index in [1.165, 1.54) is 0 Å². The number of hydrogen-bond acceptors (Lipinski definition) is 4. The van der Waals surface area contributed by atoms with Crippen LogP contribution >= 0.6 is 22.9 Å². The van der Waals surface area contributed by atoms with Crippen LogP contribution < -0.4 is 5.73 Å². The van der Waals surface area contributed by atoms with Crippen LogP contribution in [0.4, 0.5) is 0 Å². The summed E-state index contributed by atoms with van der Waals surface area (Å²) in [6.45, 7) is 3.70. The van der Waals surface area contributed by atoms with Gasteiger partial charge in [0.25, 0.3) is 0 Å². The lowest BCUT2D eigenvalue weighted by Gasteiger charge is -2.27. The van der Waals surface area contributed by atoms with E-state index in [2.05, 4.69) is 20.3 Å². The van der Waals surface area contributed by atoms with Gasteiger partial charge in [0, 0.05) is 42.0 Å². The molecular formula is C16H19ClN4OS. The quantitative estimate of drug-likeness (QED) is 0.680. The predicted octanol–water partition coefficient (Wildman–Crippen LogP) is 2.65. The van der Waals surface area contributed by atoms with Crippen molar-refractivity contribution in [3.05, 3.63) is 40.4 Å². The lowest BCUT2D eigenvalue weighted by Crippen LogP contribution is -2.44. The molecule has 1 aromatic carbocycles. The van der Waals surface area contributed by atoms with Crippen LogP contribution in [0.1, 0.15) is 5.69 Å². The maximum atomic E-state index is 6.01. The zero-order valence-corrected chi connectivity index (χ0v) is 14.3. The van der Waals surface area contributed by atoms with E-state index in [1.54, 1.807) is 11.3 Å². The number of nitrogens with two attached hydrogens (primary N) is 1. The number of guanidine groups is 1. The first-order valence-electron chi connectivity index (χ1n) is 7.55. The Morgan fingerprint density at radius 1 is 1.30 bits per heavy atom. The van der Waals surface area contributed by atoms with Crippen molar-refractivity contribution in [2.45, 2.75) is 6.42 Å². The van der Waals surface area contributed by atoms with Crippen molar-refractivity contribution in [2.24, 2.45) is 10.7 Å². The molecule has 1 aliphatic heterocycles. The van der Waals surface area contributed by atoms with Crippen molar-refractivity contribution in [3.8, 4) is 10.6 Å². The molecule has 122 valence electrons. The second kappa shape index (κ2) is 7.77. The van der Waals surface area contributed by atoms with E-state index in [4.69, 9.17) is 22.1 Å². The Bertz CT molecular complexity index is 665. The lowest BCUT2D eigenvalue weighted by atomic mass is 10.2. The Morgan fingerprint density at radius 3 is 2.78 bits per heavy atom. The number of morpholine rings is 1. The van der Waals surface area contributed by atoms with Gasteiger partial charge in [-0.1, -0.05) is 23.7 Å². The lowest BCUT2D eigenvalue weighted by molar-refractivity contribution is 0.0674. The largest absolute Gasteiger partial charge is 0.378 e. The number of halogens is 1. The summed E-state index contributed by atoms with van der Waals surface area (Å²) in [6, 6.07) is 7.73. The van der Waals surface area contributed by atoms with Gasteiger partial charge in [0.05, 0.1) is 18.9 Å². The minimum absolute atomic E-state index is 0.599. The number of thiazole rings is 1. The molecule has 0 spiro atoms. The Kier molecular flexibility index (Phi) is 5.48. The standard InChI is InChI=1S/C16H19ClN4OS/c17-13-3-1-12(2-4-13)15-20-14(11-23-15)5-6-19-16(18)21-7-9-22-10-8-21/h1-4,11H,5-10H2,(H2,18,19). The molecule has 0 unspecified atom stereocenters. The van der Waals surface area contributed by atoms with Gasteiger partial charge in [0.15, 0.2) is 5.96 Å². The number of ether oxygens (including phenoxy) is 1. The van der Waals surface area contributed by atoms with E-state index < -0.39 is 0 Å². The summed E-state index contributed by atoms with van der Waals surface area (Å²) in [6.07, 6.45) is 0.787. The van der Waals surface area contributed by atoms with Crippen molar-refractivity contribution in [1.29, 1.82) is 0 Å². The molecule has 1 aliphatic rings. The van der Waals surface area contributed by atoms with Crippen LogP contribution in [0.25, 0.3) is 10.6 Å². The molecule has 5 nitrogen and oxygen atoms in total. The Balaban J connectivity index is 1.55. The number of benzene rings is 1. The van der Waals surface area contributed by atoms with Crippen molar-refractivity contribution in [2.75, 3.05) is 32.8 Å². The third kappa shape index (κ3) is 4.43. The maximum Gasteiger partial charge on any atom is 0.191 e. The first kappa shape index (κ1) is 16.2. The smallest absolute Gasteiger partial charge is 0.191 e. The second-order valence-electron chi connectivity index (χ2n) is 5.24. The first-order valence-corrected chi connectivity index (χ1v) is 8.81. The van der Waals surface area contributed by atoms with Gasteiger partial charge in [-0.05, 0) is 12.1 Å². The number of hydrogen-bond donors (Lipinski definition) is 1. The Hall–Kier alpha value is -1.63. The molecule has 0 radical (unpaired) electrons. The summed E-state index contributed by atoms with van der Waals surface area (Å²) in [5.74, 6) is 0.599. The fraction of sp³-hybridized carbons (Fsp3) is 0.375. The monoisotopic (exact) mass is 350 g/mol. The van der Waals surface area contributed by atoms with Gasteiger partial charge in [0.1, 0.15) is 5.01 Å². The molecule has 1 aromatic heterocycles. The van der Waals surface area contributed by atoms with E-state index >= 15 is 0 Å². The summed E-state index contributed by atoms with van der Waals surface area (Å²) >= 11 is 7.55. The van der Waals surface area contributed by atoms with Gasteiger partial charge >= 0.3 is 0 Å². The maximum absolute atomic E-state index is 6.01. The molecular weight excluding hydrogens is 332 g/mol. The van der Waals surface area contributed by atoms with Gasteiger partial charge in [-0.2, -0.15) is 0 Å². The first-order chi connectivity index (χ1) is 11.2. The number of rotatable bonds is 4. The minimum Gasteiger partial charge on any atom is -0.378 e. The van der Waals surface area contributed by atoms with Crippen LogP contribution in [0.15, 0.2) is 34.6 Å². The van der Waals surface area contributed by atoms with Gasteiger partial charge in [-0.3, -0.25) is 4.99 Å². The number of aliphatic imine (C=N–C) groups is 1. The summed E-state index contributed by atoms with van der Waals surface area (Å²) in [5.41, 5.74) is 8.14. The van der Waals surface area contributed by atoms with Gasteiger partial charge < -0.3 is 15.4 Å². The molecule has 2 N–H and O–H groups in total. The highest BCUT2D eigenvalue weighted by Crippen LogP contribution is 2.25. The van der Waals surface area contributed by atoms with Gasteiger partial charge in [-0.25, -0.2) is 4.98 Å². The summed E-state index contributed by atoms with van der Waals surface area (Å²) in [7, 11) is 0. The van der Waals surface area contributed by atoms with E-state index in [9.17, 15) is 0 Å². The fourth-order valence-corrected chi connectivity index (χ4v) is 3.31. The molecule has 2 aromatic rings. The third-order valence-electron chi connectivity index (χ3n) is 3.62. The van der Waals surface area contributed by atoms with Crippen molar-refractivity contribution >= 4 is 28.9 Å². The van der Waals surface area contributed by atoms with E-state index in [-0.39, 0.29) is 0 Å². The summed E-state index contributed by atoms with van der Waals surface area (Å²) < 4.78 is 5.31. The van der Waals surface area contributed by atoms with Gasteiger partial charge in [0.2, 0.25) is 0 Å². The molecule has 7 heteroatoms. The number of nitrogens with zero attached hydrogens (tertiary/aromatic N) is 3.